The summed E-state index contributed by atoms with van der Waals surface area (Å²) in [6.45, 7) is 29.8. The zero-order valence-corrected chi connectivity index (χ0v) is 43.2. The van der Waals surface area contributed by atoms with Crippen molar-refractivity contribution < 1.29 is 34.4 Å². The van der Waals surface area contributed by atoms with Gasteiger partial charge in [-0.1, -0.05) is 193 Å². The van der Waals surface area contributed by atoms with Crippen LogP contribution in [0, 0.1) is 6.07 Å². The Morgan fingerprint density at radius 2 is 1.24 bits per heavy atom. The molecule has 0 bridgehead atoms. The molecule has 0 aliphatic carbocycles. The van der Waals surface area contributed by atoms with Crippen LogP contribution < -0.4 is 0 Å². The number of phenolic OH excluding ortho intramolecular Hbond substituents is 1. The van der Waals surface area contributed by atoms with E-state index in [1.807, 2.05) is 26.0 Å². The van der Waals surface area contributed by atoms with E-state index in [-0.39, 0.29) is 60.7 Å². The Morgan fingerprint density at radius 3 is 1.89 bits per heavy atom. The van der Waals surface area contributed by atoms with Crippen molar-refractivity contribution in [3.05, 3.63) is 167 Å². The summed E-state index contributed by atoms with van der Waals surface area (Å²) in [6.07, 6.45) is 1.60. The fourth-order valence-electron chi connectivity index (χ4n) is 8.67. The maximum absolute atomic E-state index is 12.6. The van der Waals surface area contributed by atoms with E-state index in [1.165, 1.54) is 5.56 Å². The Kier molecular flexibility index (Phi) is 11.0. The number of hydrogen-bond donors (Lipinski definition) is 1. The second kappa shape index (κ2) is 17.9. The van der Waals surface area contributed by atoms with Gasteiger partial charge in [0.05, 0.1) is 23.5 Å². The van der Waals surface area contributed by atoms with Crippen LogP contribution in [0.1, 0.15) is 139 Å². The number of aromatic nitrogens is 3. The number of phenols is 1. The summed E-state index contributed by atoms with van der Waals surface area (Å²) in [5, 5.41) is 12.6. The first-order valence-corrected chi connectivity index (χ1v) is 22.6. The first-order chi connectivity index (χ1) is 32.9. The quantitative estimate of drug-likeness (QED) is 0.162. The summed E-state index contributed by atoms with van der Waals surface area (Å²) in [7, 11) is 0. The van der Waals surface area contributed by atoms with Crippen LogP contribution in [-0.2, 0) is 42.7 Å². The largest absolute Gasteiger partial charge is 0.507 e. The van der Waals surface area contributed by atoms with E-state index in [0.29, 0.717) is 33.7 Å². The maximum atomic E-state index is 12.6. The number of aromatic hydroxyl groups is 1. The molecule has 0 radical (unpaired) electrons. The third-order valence-corrected chi connectivity index (χ3v) is 12.4. The van der Waals surface area contributed by atoms with Crippen molar-refractivity contribution in [1.29, 1.82) is 0 Å². The molecule has 6 aromatic carbocycles. The molecular weight excluding hydrogens is 986 g/mol. The van der Waals surface area contributed by atoms with Gasteiger partial charge < -0.3 is 5.11 Å². The Bertz CT molecular complexity index is 3380. The van der Waals surface area contributed by atoms with Crippen molar-refractivity contribution in [2.24, 2.45) is 0 Å². The van der Waals surface area contributed by atoms with E-state index in [9.17, 15) is 6.48 Å². The van der Waals surface area contributed by atoms with E-state index in [0.717, 1.165) is 55.7 Å². The Hall–Kier alpha value is -5.57. The molecule has 2 aromatic heterocycles. The average molecular weight is 1060 g/mol. The molecule has 66 heavy (non-hydrogen) atoms. The molecule has 0 spiro atoms. The topological polar surface area (TPSA) is 50.9 Å². The number of pyridine rings is 1. The van der Waals surface area contributed by atoms with Crippen LogP contribution in [0.25, 0.3) is 72.7 Å². The summed E-state index contributed by atoms with van der Waals surface area (Å²) in [5.74, 6) is -0.286. The van der Waals surface area contributed by atoms with Gasteiger partial charge in [0.2, 0.25) is 0 Å². The van der Waals surface area contributed by atoms with Crippen molar-refractivity contribution >= 4 is 11.0 Å². The standard InChI is InChI=1S/C61H66N3O.Pt/c1-38(2)49-37-45(27-28-47(49)48-23-18-19-25-51(48)60(9,10)11)64-54-26-20-24-46(55(54)63-57(64)50-35-44(59(6,7)8)36-52(56(50)65)61(12,13)14)41-31-42(33-43(32-41)58(3,4)5)53-34-40(29-30-62-53)39-21-16-15-17-22-39;/h15-30,32-38,65H,1-14H3;/q-1;/i15D,16D,17D,21D,22D,38D;. The monoisotopic (exact) mass is 1060 g/mol. The number of hydrogen-bond acceptors (Lipinski definition) is 3. The molecular formula is C61H66N3OPt-. The molecule has 8 rings (SSSR count). The third kappa shape index (κ3) is 9.50. The predicted molar refractivity (Wildman–Crippen MR) is 275 cm³/mol. The van der Waals surface area contributed by atoms with Gasteiger partial charge in [0.1, 0.15) is 11.6 Å². The number of rotatable bonds is 7. The molecule has 2 heterocycles. The molecule has 0 aliphatic heterocycles. The first kappa shape index (κ1) is 40.7. The van der Waals surface area contributed by atoms with Crippen LogP contribution >= 0.6 is 0 Å². The molecule has 0 atom stereocenters. The van der Waals surface area contributed by atoms with Gasteiger partial charge in [-0.25, -0.2) is 4.98 Å². The van der Waals surface area contributed by atoms with Crippen molar-refractivity contribution in [3.8, 4) is 67.5 Å². The van der Waals surface area contributed by atoms with Crippen molar-refractivity contribution in [2.75, 3.05) is 0 Å². The van der Waals surface area contributed by atoms with E-state index < -0.39 is 29.4 Å². The fourth-order valence-corrected chi connectivity index (χ4v) is 8.67. The Labute approximate surface area is 417 Å². The minimum absolute atomic E-state index is 0. The fraction of sp³-hybridized carbons (Fsp3) is 0.311. The Morgan fingerprint density at radius 1 is 0.606 bits per heavy atom. The van der Waals surface area contributed by atoms with E-state index >= 15 is 0 Å². The van der Waals surface area contributed by atoms with Crippen molar-refractivity contribution in [1.82, 2.24) is 14.5 Å². The van der Waals surface area contributed by atoms with Gasteiger partial charge in [0.15, 0.2) is 0 Å². The Balaban J connectivity index is 0.00000760. The minimum atomic E-state index is -1.00. The van der Waals surface area contributed by atoms with Gasteiger partial charge in [-0.05, 0) is 96.8 Å². The van der Waals surface area contributed by atoms with Gasteiger partial charge in [0, 0.05) is 45.6 Å². The smallest absolute Gasteiger partial charge is 0.148 e. The number of benzene rings is 6. The summed E-state index contributed by atoms with van der Waals surface area (Å²) in [4.78, 5) is 10.3. The molecule has 0 saturated carbocycles. The van der Waals surface area contributed by atoms with E-state index in [1.54, 1.807) is 18.3 Å². The van der Waals surface area contributed by atoms with Gasteiger partial charge in [-0.2, -0.15) is 0 Å². The van der Waals surface area contributed by atoms with Crippen LogP contribution in [-0.4, -0.2) is 19.6 Å². The second-order valence-electron chi connectivity index (χ2n) is 21.8. The average Bonchev–Trinajstić information content (AvgIpc) is 3.68. The molecule has 0 amide bonds. The van der Waals surface area contributed by atoms with E-state index in [2.05, 4.69) is 167 Å². The maximum Gasteiger partial charge on any atom is 0.148 e. The van der Waals surface area contributed by atoms with Gasteiger partial charge in [-0.15, -0.1) is 29.3 Å². The van der Waals surface area contributed by atoms with Crippen LogP contribution in [0.2, 0.25) is 0 Å². The predicted octanol–water partition coefficient (Wildman–Crippen LogP) is 16.6. The SMILES string of the molecule is [2H]c1c([2H])c([2H])c(-c2ccnc(-c3[c-]c(-c4cccc5c4nc(-c4cc(C(C)(C)C)cc(C(C)(C)C)c4O)n5-c4ccc(-c5ccccc5C(C)(C)C)c(C([2H])(C)C)c4)cc(C(C)(C)C)c3)c2)c([2H])c1[2H].[Pt]. The van der Waals surface area contributed by atoms with Gasteiger partial charge in [-0.3, -0.25) is 9.55 Å². The molecule has 0 aliphatic rings. The minimum Gasteiger partial charge on any atom is -0.507 e. The van der Waals surface area contributed by atoms with Crippen LogP contribution in [0.4, 0.5) is 0 Å². The van der Waals surface area contributed by atoms with Crippen LogP contribution in [0.3, 0.4) is 0 Å². The summed E-state index contributed by atoms with van der Waals surface area (Å²) < 4.78 is 54.1. The molecule has 0 fully saturated rings. The van der Waals surface area contributed by atoms with Crippen molar-refractivity contribution in [2.45, 2.75) is 124 Å². The van der Waals surface area contributed by atoms with Crippen molar-refractivity contribution in [3.63, 3.8) is 0 Å². The number of imidazole rings is 1. The van der Waals surface area contributed by atoms with Crippen LogP contribution in [0.15, 0.2) is 133 Å². The zero-order chi connectivity index (χ0) is 52.1. The molecule has 0 saturated heterocycles. The second-order valence-corrected chi connectivity index (χ2v) is 21.8. The molecule has 4 nitrogen and oxygen atoms in total. The summed E-state index contributed by atoms with van der Waals surface area (Å²) >= 11 is 0. The van der Waals surface area contributed by atoms with Gasteiger partial charge in [0.25, 0.3) is 0 Å². The van der Waals surface area contributed by atoms with E-state index in [4.69, 9.17) is 16.8 Å². The molecule has 342 valence electrons. The van der Waals surface area contributed by atoms with Gasteiger partial charge >= 0.3 is 0 Å². The first-order valence-electron chi connectivity index (χ1n) is 25.6. The molecule has 8 aromatic rings. The number of para-hydroxylation sites is 1. The number of nitrogens with zero attached hydrogens (tertiary/aromatic N) is 3. The molecule has 5 heteroatoms. The summed E-state index contributed by atoms with van der Waals surface area (Å²) in [6, 6.07) is 34.6. The molecule has 1 N–H and O–H groups in total. The zero-order valence-electron chi connectivity index (χ0n) is 46.9. The molecule has 0 unspecified atom stereocenters. The summed E-state index contributed by atoms with van der Waals surface area (Å²) in [5.41, 5.74) is 12.0. The van der Waals surface area contributed by atoms with Crippen LogP contribution in [0.5, 0.6) is 5.75 Å². The number of fused-ring (bicyclic) bond motifs is 1. The third-order valence-electron chi connectivity index (χ3n) is 12.4. The normalized spacial score (nSPS) is 13.9.